The Bertz CT molecular complexity index is 164. The number of hydrogen-bond donors (Lipinski definition) is 0. The summed E-state index contributed by atoms with van der Waals surface area (Å²) >= 11 is 5.97. The van der Waals surface area contributed by atoms with Gasteiger partial charge in [0.1, 0.15) is 0 Å². The van der Waals surface area contributed by atoms with E-state index in [1.165, 1.54) is 5.57 Å². The van der Waals surface area contributed by atoms with Crippen LogP contribution in [0.4, 0.5) is 0 Å². The molecule has 0 aromatic rings. The monoisotopic (exact) mass is 172 g/mol. The fourth-order valence-corrected chi connectivity index (χ4v) is 1.20. The van der Waals surface area contributed by atoms with Crippen molar-refractivity contribution in [2.45, 2.75) is 34.1 Å². The van der Waals surface area contributed by atoms with E-state index in [1.807, 2.05) is 19.1 Å². The standard InChI is InChI=1S/C10H17Cl/c1-5-6-10(11)9(4)7-8(2)3/h5-6,8H,7H2,1-4H3/b6-5-,10-9-. The van der Waals surface area contributed by atoms with Gasteiger partial charge in [0.05, 0.1) is 0 Å². The summed E-state index contributed by atoms with van der Waals surface area (Å²) in [5.41, 5.74) is 1.28. The van der Waals surface area contributed by atoms with Gasteiger partial charge in [-0.05, 0) is 32.3 Å². The Morgan fingerprint density at radius 2 is 2.00 bits per heavy atom. The van der Waals surface area contributed by atoms with Crippen LogP contribution in [-0.2, 0) is 0 Å². The molecule has 0 heterocycles. The summed E-state index contributed by atoms with van der Waals surface area (Å²) in [6, 6.07) is 0. The van der Waals surface area contributed by atoms with Crippen LogP contribution in [-0.4, -0.2) is 0 Å². The van der Waals surface area contributed by atoms with Crippen LogP contribution in [0.2, 0.25) is 0 Å². The summed E-state index contributed by atoms with van der Waals surface area (Å²) in [4.78, 5) is 0. The molecule has 0 saturated carbocycles. The molecule has 0 aromatic heterocycles. The van der Waals surface area contributed by atoms with Gasteiger partial charge in [-0.25, -0.2) is 0 Å². The van der Waals surface area contributed by atoms with Crippen molar-refractivity contribution in [3.63, 3.8) is 0 Å². The molecule has 0 saturated heterocycles. The maximum atomic E-state index is 5.97. The molecule has 64 valence electrons. The molecule has 0 atom stereocenters. The van der Waals surface area contributed by atoms with Gasteiger partial charge in [-0.3, -0.25) is 0 Å². The third-order valence-corrected chi connectivity index (χ3v) is 1.88. The molecule has 0 rings (SSSR count). The highest BCUT2D eigenvalue weighted by atomic mass is 35.5. The van der Waals surface area contributed by atoms with Gasteiger partial charge in [0.15, 0.2) is 0 Å². The summed E-state index contributed by atoms with van der Waals surface area (Å²) in [5, 5.41) is 0.890. The molecule has 0 aliphatic rings. The van der Waals surface area contributed by atoms with E-state index < -0.39 is 0 Å². The molecule has 1 heteroatoms. The number of halogens is 1. The van der Waals surface area contributed by atoms with Crippen molar-refractivity contribution in [1.82, 2.24) is 0 Å². The Kier molecular flexibility index (Phi) is 5.31. The summed E-state index contributed by atoms with van der Waals surface area (Å²) < 4.78 is 0. The van der Waals surface area contributed by atoms with Gasteiger partial charge in [-0.15, -0.1) is 0 Å². The normalized spacial score (nSPS) is 14.4. The van der Waals surface area contributed by atoms with Crippen LogP contribution >= 0.6 is 11.6 Å². The van der Waals surface area contributed by atoms with E-state index in [9.17, 15) is 0 Å². The second-order valence-corrected chi connectivity index (χ2v) is 3.63. The minimum atomic E-state index is 0.689. The molecule has 0 aromatic carbocycles. The molecule has 0 fully saturated rings. The Morgan fingerprint density at radius 1 is 1.45 bits per heavy atom. The van der Waals surface area contributed by atoms with Crippen molar-refractivity contribution in [3.05, 3.63) is 22.8 Å². The lowest BCUT2D eigenvalue weighted by molar-refractivity contribution is 0.641. The molecule has 0 radical (unpaired) electrons. The maximum Gasteiger partial charge on any atom is 0.0392 e. The fraction of sp³-hybridized carbons (Fsp3) is 0.600. The van der Waals surface area contributed by atoms with Gasteiger partial charge >= 0.3 is 0 Å². The van der Waals surface area contributed by atoms with Crippen LogP contribution in [0.25, 0.3) is 0 Å². The molecule has 0 unspecified atom stereocenters. The Balaban J connectivity index is 4.16. The van der Waals surface area contributed by atoms with Gasteiger partial charge in [-0.1, -0.05) is 37.1 Å². The summed E-state index contributed by atoms with van der Waals surface area (Å²) in [6.07, 6.45) is 4.99. The van der Waals surface area contributed by atoms with Crippen LogP contribution in [0.1, 0.15) is 34.1 Å². The minimum Gasteiger partial charge on any atom is -0.0862 e. The van der Waals surface area contributed by atoms with E-state index in [0.717, 1.165) is 11.5 Å². The topological polar surface area (TPSA) is 0 Å². The van der Waals surface area contributed by atoms with Crippen LogP contribution in [0.15, 0.2) is 22.8 Å². The van der Waals surface area contributed by atoms with Gasteiger partial charge in [0, 0.05) is 5.03 Å². The molecular weight excluding hydrogens is 156 g/mol. The Labute approximate surface area is 74.9 Å². The lowest BCUT2D eigenvalue weighted by atomic mass is 10.0. The first-order valence-electron chi connectivity index (χ1n) is 4.05. The number of hydrogen-bond acceptors (Lipinski definition) is 0. The average Bonchev–Trinajstić information content (AvgIpc) is 1.86. The molecule has 0 spiro atoms. The van der Waals surface area contributed by atoms with E-state index in [2.05, 4.69) is 20.8 Å². The van der Waals surface area contributed by atoms with Crippen molar-refractivity contribution in [1.29, 1.82) is 0 Å². The third kappa shape index (κ3) is 5.09. The van der Waals surface area contributed by atoms with Gasteiger partial charge in [0.2, 0.25) is 0 Å². The smallest absolute Gasteiger partial charge is 0.0392 e. The molecule has 11 heavy (non-hydrogen) atoms. The molecule has 0 N–H and O–H groups in total. The van der Waals surface area contributed by atoms with Gasteiger partial charge in [0.25, 0.3) is 0 Å². The lowest BCUT2D eigenvalue weighted by Crippen LogP contribution is -1.89. The van der Waals surface area contributed by atoms with Gasteiger partial charge < -0.3 is 0 Å². The van der Waals surface area contributed by atoms with Crippen molar-refractivity contribution >= 4 is 11.6 Å². The number of allylic oxidation sites excluding steroid dienone is 4. The SMILES string of the molecule is C/C=C\C(Cl)=C(/C)CC(C)C. The fourth-order valence-electron chi connectivity index (χ4n) is 0.998. The summed E-state index contributed by atoms with van der Waals surface area (Å²) in [5.74, 6) is 0.689. The molecule has 0 aliphatic carbocycles. The van der Waals surface area contributed by atoms with Gasteiger partial charge in [-0.2, -0.15) is 0 Å². The quantitative estimate of drug-likeness (QED) is 0.562. The predicted molar refractivity (Wildman–Crippen MR) is 52.8 cm³/mol. The zero-order valence-electron chi connectivity index (χ0n) is 7.82. The van der Waals surface area contributed by atoms with Crippen LogP contribution in [0, 0.1) is 5.92 Å². The second kappa shape index (κ2) is 5.42. The molecule has 0 bridgehead atoms. The Hall–Kier alpha value is -0.230. The highest BCUT2D eigenvalue weighted by Crippen LogP contribution is 2.17. The lowest BCUT2D eigenvalue weighted by Gasteiger charge is -2.05. The Morgan fingerprint density at radius 3 is 2.36 bits per heavy atom. The highest BCUT2D eigenvalue weighted by Gasteiger charge is 1.98. The third-order valence-electron chi connectivity index (χ3n) is 1.44. The maximum absolute atomic E-state index is 5.97. The van der Waals surface area contributed by atoms with E-state index in [0.29, 0.717) is 5.92 Å². The van der Waals surface area contributed by atoms with E-state index in [4.69, 9.17) is 11.6 Å². The minimum absolute atomic E-state index is 0.689. The second-order valence-electron chi connectivity index (χ2n) is 3.23. The van der Waals surface area contributed by atoms with Crippen molar-refractivity contribution in [2.24, 2.45) is 5.92 Å². The molecule has 0 nitrogen and oxygen atoms in total. The molecule has 0 amide bonds. The predicted octanol–water partition coefficient (Wildman–Crippen LogP) is 4.12. The molecular formula is C10H17Cl. The van der Waals surface area contributed by atoms with Crippen molar-refractivity contribution < 1.29 is 0 Å². The first-order chi connectivity index (χ1) is 5.07. The van der Waals surface area contributed by atoms with Crippen molar-refractivity contribution in [3.8, 4) is 0 Å². The van der Waals surface area contributed by atoms with E-state index in [1.54, 1.807) is 0 Å². The highest BCUT2D eigenvalue weighted by molar-refractivity contribution is 6.31. The largest absolute Gasteiger partial charge is 0.0862 e. The average molecular weight is 173 g/mol. The zero-order chi connectivity index (χ0) is 8.85. The van der Waals surface area contributed by atoms with Crippen LogP contribution in [0.3, 0.4) is 0 Å². The zero-order valence-corrected chi connectivity index (χ0v) is 8.57. The van der Waals surface area contributed by atoms with E-state index in [-0.39, 0.29) is 0 Å². The van der Waals surface area contributed by atoms with Crippen LogP contribution in [0.5, 0.6) is 0 Å². The van der Waals surface area contributed by atoms with Crippen molar-refractivity contribution in [2.75, 3.05) is 0 Å². The number of rotatable bonds is 3. The first kappa shape index (κ1) is 10.8. The van der Waals surface area contributed by atoms with Crippen LogP contribution < -0.4 is 0 Å². The first-order valence-corrected chi connectivity index (χ1v) is 4.43. The summed E-state index contributed by atoms with van der Waals surface area (Å²) in [6.45, 7) is 8.46. The summed E-state index contributed by atoms with van der Waals surface area (Å²) in [7, 11) is 0. The van der Waals surface area contributed by atoms with E-state index >= 15 is 0 Å². The molecule has 0 aliphatic heterocycles.